The van der Waals surface area contributed by atoms with Crippen molar-refractivity contribution in [3.05, 3.63) is 43.2 Å². The van der Waals surface area contributed by atoms with Crippen LogP contribution in [0.25, 0.3) is 0 Å². The van der Waals surface area contributed by atoms with Gasteiger partial charge in [0.15, 0.2) is 0 Å². The van der Waals surface area contributed by atoms with Crippen LogP contribution in [0.2, 0.25) is 0 Å². The Kier molecular flexibility index (Phi) is 3.35. The van der Waals surface area contributed by atoms with E-state index in [0.717, 1.165) is 3.79 Å². The van der Waals surface area contributed by atoms with Gasteiger partial charge in [0, 0.05) is 9.75 Å². The summed E-state index contributed by atoms with van der Waals surface area (Å²) in [5.41, 5.74) is 2.83. The predicted molar refractivity (Wildman–Crippen MR) is 65.5 cm³/mol. The average Bonchev–Trinajstić information content (AvgIpc) is 2.79. The van der Waals surface area contributed by atoms with Crippen LogP contribution in [0.1, 0.15) is 15.8 Å². The number of thiophene rings is 2. The first-order valence-corrected chi connectivity index (χ1v) is 6.55. The third-order valence-corrected chi connectivity index (χ3v) is 4.50. The lowest BCUT2D eigenvalue weighted by Gasteiger charge is -2.11. The highest BCUT2D eigenvalue weighted by atomic mass is 79.9. The molecule has 0 spiro atoms. The van der Waals surface area contributed by atoms with Crippen LogP contribution in [0, 0.1) is 0 Å². The second kappa shape index (κ2) is 4.55. The van der Waals surface area contributed by atoms with E-state index in [1.54, 1.807) is 22.7 Å². The standard InChI is InChI=1S/C9H9BrN2S2/c10-8-4-3-7(14-8)9(12-11)6-2-1-5-13-6/h1-5,9,12H,11H2. The average molecular weight is 289 g/mol. The van der Waals surface area contributed by atoms with Crippen LogP contribution in [0.5, 0.6) is 0 Å². The van der Waals surface area contributed by atoms with Crippen molar-refractivity contribution < 1.29 is 0 Å². The van der Waals surface area contributed by atoms with Gasteiger partial charge in [-0.15, -0.1) is 22.7 Å². The third kappa shape index (κ3) is 2.07. The molecule has 2 nitrogen and oxygen atoms in total. The maximum absolute atomic E-state index is 5.55. The zero-order valence-electron chi connectivity index (χ0n) is 7.24. The van der Waals surface area contributed by atoms with Crippen molar-refractivity contribution in [1.82, 2.24) is 5.43 Å². The molecule has 74 valence electrons. The number of nitrogens with one attached hydrogen (secondary N) is 1. The van der Waals surface area contributed by atoms with Gasteiger partial charge in [0.2, 0.25) is 0 Å². The molecule has 2 aromatic rings. The Hall–Kier alpha value is -0.200. The first-order chi connectivity index (χ1) is 6.81. The first-order valence-electron chi connectivity index (χ1n) is 4.06. The molecule has 2 heterocycles. The summed E-state index contributed by atoms with van der Waals surface area (Å²) in [6.07, 6.45) is 0. The summed E-state index contributed by atoms with van der Waals surface area (Å²) in [5.74, 6) is 5.55. The summed E-state index contributed by atoms with van der Waals surface area (Å²) < 4.78 is 1.13. The zero-order chi connectivity index (χ0) is 9.97. The maximum atomic E-state index is 5.55. The molecule has 3 N–H and O–H groups in total. The number of hydrazine groups is 1. The quantitative estimate of drug-likeness (QED) is 0.673. The topological polar surface area (TPSA) is 38.0 Å². The van der Waals surface area contributed by atoms with Crippen LogP contribution in [-0.2, 0) is 0 Å². The molecule has 0 fully saturated rings. The van der Waals surface area contributed by atoms with Gasteiger partial charge < -0.3 is 0 Å². The lowest BCUT2D eigenvalue weighted by Crippen LogP contribution is -2.27. The fraction of sp³-hybridized carbons (Fsp3) is 0.111. The van der Waals surface area contributed by atoms with Crippen molar-refractivity contribution in [3.63, 3.8) is 0 Å². The van der Waals surface area contributed by atoms with Crippen molar-refractivity contribution in [1.29, 1.82) is 0 Å². The van der Waals surface area contributed by atoms with Gasteiger partial charge in [0.05, 0.1) is 9.83 Å². The SMILES string of the molecule is NNC(c1cccs1)c1ccc(Br)s1. The Balaban J connectivity index is 2.31. The Morgan fingerprint density at radius 1 is 1.29 bits per heavy atom. The molecule has 2 rings (SSSR count). The van der Waals surface area contributed by atoms with E-state index in [1.807, 2.05) is 12.1 Å². The summed E-state index contributed by atoms with van der Waals surface area (Å²) in [6, 6.07) is 8.36. The van der Waals surface area contributed by atoms with Crippen molar-refractivity contribution in [3.8, 4) is 0 Å². The van der Waals surface area contributed by atoms with Crippen LogP contribution < -0.4 is 11.3 Å². The number of hydrogen-bond acceptors (Lipinski definition) is 4. The van der Waals surface area contributed by atoms with E-state index in [1.165, 1.54) is 9.75 Å². The van der Waals surface area contributed by atoms with Gasteiger partial charge in [-0.2, -0.15) is 0 Å². The highest BCUT2D eigenvalue weighted by molar-refractivity contribution is 9.11. The van der Waals surface area contributed by atoms with Crippen LogP contribution in [0.3, 0.4) is 0 Å². The number of rotatable bonds is 3. The highest BCUT2D eigenvalue weighted by Gasteiger charge is 2.14. The Labute approximate surface area is 98.9 Å². The number of hydrogen-bond donors (Lipinski definition) is 2. The summed E-state index contributed by atoms with van der Waals surface area (Å²) in [7, 11) is 0. The highest BCUT2D eigenvalue weighted by Crippen LogP contribution is 2.32. The number of nitrogens with two attached hydrogens (primary N) is 1. The molecule has 1 atom stereocenters. The number of halogens is 1. The zero-order valence-corrected chi connectivity index (χ0v) is 10.5. The molecule has 14 heavy (non-hydrogen) atoms. The van der Waals surface area contributed by atoms with Gasteiger partial charge in [0.25, 0.3) is 0 Å². The minimum atomic E-state index is 0.117. The Bertz CT molecular complexity index is 397. The molecule has 0 aliphatic carbocycles. The lowest BCUT2D eigenvalue weighted by atomic mass is 10.2. The largest absolute Gasteiger partial charge is 0.271 e. The van der Waals surface area contributed by atoms with Gasteiger partial charge in [-0.05, 0) is 39.5 Å². The monoisotopic (exact) mass is 288 g/mol. The van der Waals surface area contributed by atoms with E-state index in [4.69, 9.17) is 5.84 Å². The summed E-state index contributed by atoms with van der Waals surface area (Å²) in [6.45, 7) is 0. The molecule has 1 unspecified atom stereocenters. The van der Waals surface area contributed by atoms with Crippen LogP contribution in [0.4, 0.5) is 0 Å². The first kappa shape index (κ1) is 10.3. The molecule has 0 amide bonds. The van der Waals surface area contributed by atoms with Crippen LogP contribution in [0.15, 0.2) is 33.4 Å². The molecule has 0 bridgehead atoms. The van der Waals surface area contributed by atoms with Gasteiger partial charge in [-0.25, -0.2) is 5.43 Å². The molecule has 0 radical (unpaired) electrons. The molecule has 0 aliphatic rings. The van der Waals surface area contributed by atoms with Crippen LogP contribution >= 0.6 is 38.6 Å². The smallest absolute Gasteiger partial charge is 0.0894 e. The minimum Gasteiger partial charge on any atom is -0.271 e. The summed E-state index contributed by atoms with van der Waals surface area (Å²) in [4.78, 5) is 2.46. The molecular formula is C9H9BrN2S2. The summed E-state index contributed by atoms with van der Waals surface area (Å²) in [5, 5.41) is 2.06. The van der Waals surface area contributed by atoms with Crippen molar-refractivity contribution in [2.24, 2.45) is 5.84 Å². The van der Waals surface area contributed by atoms with Crippen molar-refractivity contribution in [2.75, 3.05) is 0 Å². The van der Waals surface area contributed by atoms with Gasteiger partial charge >= 0.3 is 0 Å². The van der Waals surface area contributed by atoms with Crippen LogP contribution in [-0.4, -0.2) is 0 Å². The molecule has 5 heteroatoms. The summed E-state index contributed by atoms with van der Waals surface area (Å²) >= 11 is 6.85. The normalized spacial score (nSPS) is 13.0. The van der Waals surface area contributed by atoms with Gasteiger partial charge in [-0.3, -0.25) is 5.84 Å². The fourth-order valence-electron chi connectivity index (χ4n) is 1.24. The van der Waals surface area contributed by atoms with E-state index in [9.17, 15) is 0 Å². The third-order valence-electron chi connectivity index (χ3n) is 1.87. The Morgan fingerprint density at radius 3 is 2.64 bits per heavy atom. The van der Waals surface area contributed by atoms with Gasteiger partial charge in [-0.1, -0.05) is 6.07 Å². The second-order valence-corrected chi connectivity index (χ2v) is 6.23. The predicted octanol–water partition coefficient (Wildman–Crippen LogP) is 3.12. The molecule has 0 aliphatic heterocycles. The fourth-order valence-corrected chi connectivity index (χ4v) is 3.62. The van der Waals surface area contributed by atoms with E-state index in [0.29, 0.717) is 0 Å². The molecule has 2 aromatic heterocycles. The van der Waals surface area contributed by atoms with Crippen molar-refractivity contribution >= 4 is 38.6 Å². The maximum Gasteiger partial charge on any atom is 0.0894 e. The van der Waals surface area contributed by atoms with E-state index < -0.39 is 0 Å². The minimum absolute atomic E-state index is 0.117. The van der Waals surface area contributed by atoms with E-state index in [-0.39, 0.29) is 6.04 Å². The molecular weight excluding hydrogens is 280 g/mol. The Morgan fingerprint density at radius 2 is 2.14 bits per heavy atom. The van der Waals surface area contributed by atoms with E-state index >= 15 is 0 Å². The molecule has 0 saturated carbocycles. The van der Waals surface area contributed by atoms with Crippen molar-refractivity contribution in [2.45, 2.75) is 6.04 Å². The second-order valence-electron chi connectivity index (χ2n) is 2.76. The van der Waals surface area contributed by atoms with E-state index in [2.05, 4.69) is 38.9 Å². The molecule has 0 aromatic carbocycles. The van der Waals surface area contributed by atoms with Gasteiger partial charge in [0.1, 0.15) is 0 Å². The molecule has 0 saturated heterocycles. The lowest BCUT2D eigenvalue weighted by molar-refractivity contribution is 0.656.